The minimum Gasteiger partial charge on any atom is -0.315 e. The highest BCUT2D eigenvalue weighted by atomic mass is 19.1. The third kappa shape index (κ3) is 4.83. The van der Waals surface area contributed by atoms with Gasteiger partial charge in [-0.15, -0.1) is 0 Å². The van der Waals surface area contributed by atoms with Gasteiger partial charge in [0.05, 0.1) is 6.20 Å². The summed E-state index contributed by atoms with van der Waals surface area (Å²) < 4.78 is 14.1. The van der Waals surface area contributed by atoms with Crippen molar-refractivity contribution in [2.24, 2.45) is 5.41 Å². The van der Waals surface area contributed by atoms with E-state index in [0.29, 0.717) is 13.1 Å². The van der Waals surface area contributed by atoms with Crippen LogP contribution in [-0.4, -0.2) is 22.6 Å². The first-order valence-electron chi connectivity index (χ1n) is 5.99. The van der Waals surface area contributed by atoms with Crippen LogP contribution in [0.1, 0.15) is 27.2 Å². The van der Waals surface area contributed by atoms with E-state index in [2.05, 4.69) is 26.1 Å². The van der Waals surface area contributed by atoms with Gasteiger partial charge in [0, 0.05) is 13.1 Å². The maximum atomic E-state index is 13.0. The number of rotatable bonds is 5. The second-order valence-electron chi connectivity index (χ2n) is 5.49. The maximum absolute atomic E-state index is 13.0. The van der Waals surface area contributed by atoms with Crippen LogP contribution in [0.15, 0.2) is 15.8 Å². The second kappa shape index (κ2) is 5.95. The fourth-order valence-electron chi connectivity index (χ4n) is 1.44. The van der Waals surface area contributed by atoms with Gasteiger partial charge in [0.25, 0.3) is 5.56 Å². The molecule has 1 rings (SSSR count). The highest BCUT2D eigenvalue weighted by molar-refractivity contribution is 4.87. The Kier molecular flexibility index (Phi) is 4.84. The maximum Gasteiger partial charge on any atom is 0.328 e. The fraction of sp³-hybridized carbons (Fsp3) is 0.667. The zero-order chi connectivity index (χ0) is 13.8. The molecule has 0 saturated carbocycles. The minimum atomic E-state index is -0.975. The zero-order valence-corrected chi connectivity index (χ0v) is 11.0. The molecule has 0 bridgehead atoms. The van der Waals surface area contributed by atoms with Crippen molar-refractivity contribution in [1.82, 2.24) is 14.9 Å². The van der Waals surface area contributed by atoms with Crippen molar-refractivity contribution >= 4 is 0 Å². The van der Waals surface area contributed by atoms with Gasteiger partial charge in [0.2, 0.25) is 5.82 Å². The summed E-state index contributed by atoms with van der Waals surface area (Å²) in [6.07, 6.45) is 1.95. The zero-order valence-electron chi connectivity index (χ0n) is 11.0. The molecule has 0 fully saturated rings. The summed E-state index contributed by atoms with van der Waals surface area (Å²) in [5.74, 6) is -0.940. The lowest BCUT2D eigenvalue weighted by molar-refractivity contribution is 0.364. The van der Waals surface area contributed by atoms with E-state index in [1.165, 1.54) is 0 Å². The summed E-state index contributed by atoms with van der Waals surface area (Å²) in [5, 5.41) is 3.18. The summed E-state index contributed by atoms with van der Waals surface area (Å²) in [5.41, 5.74) is -1.30. The molecule has 0 radical (unpaired) electrons. The molecule has 0 aliphatic rings. The summed E-state index contributed by atoms with van der Waals surface area (Å²) >= 11 is 0. The molecule has 0 saturated heterocycles. The van der Waals surface area contributed by atoms with Crippen molar-refractivity contribution in [1.29, 1.82) is 0 Å². The molecule has 0 unspecified atom stereocenters. The highest BCUT2D eigenvalue weighted by Crippen LogP contribution is 2.16. The van der Waals surface area contributed by atoms with E-state index >= 15 is 0 Å². The van der Waals surface area contributed by atoms with Crippen molar-refractivity contribution < 1.29 is 4.39 Å². The number of aromatic amines is 1. The Balaban J connectivity index is 2.43. The average molecular weight is 257 g/mol. The van der Waals surface area contributed by atoms with Crippen LogP contribution < -0.4 is 16.6 Å². The summed E-state index contributed by atoms with van der Waals surface area (Å²) in [6, 6.07) is 0. The van der Waals surface area contributed by atoms with Gasteiger partial charge in [0.1, 0.15) is 0 Å². The Morgan fingerprint density at radius 2 is 2.00 bits per heavy atom. The summed E-state index contributed by atoms with van der Waals surface area (Å²) in [4.78, 5) is 24.1. The first-order chi connectivity index (χ1) is 8.29. The van der Waals surface area contributed by atoms with Crippen molar-refractivity contribution in [3.8, 4) is 0 Å². The topological polar surface area (TPSA) is 66.9 Å². The molecule has 102 valence electrons. The number of nitrogens with zero attached hydrogens (tertiary/aromatic N) is 1. The lowest BCUT2D eigenvalue weighted by Crippen LogP contribution is -2.34. The molecule has 0 aromatic carbocycles. The van der Waals surface area contributed by atoms with Gasteiger partial charge in [0.15, 0.2) is 0 Å². The molecule has 1 aromatic rings. The quantitative estimate of drug-likeness (QED) is 0.763. The van der Waals surface area contributed by atoms with Crippen LogP contribution in [0.4, 0.5) is 4.39 Å². The molecule has 2 N–H and O–H groups in total. The first kappa shape index (κ1) is 14.6. The molecule has 0 aliphatic heterocycles. The molecule has 0 atom stereocenters. The Hall–Kier alpha value is -1.43. The Morgan fingerprint density at radius 1 is 1.33 bits per heavy atom. The van der Waals surface area contributed by atoms with Crippen molar-refractivity contribution in [2.75, 3.05) is 13.1 Å². The number of H-pyrrole nitrogens is 1. The summed E-state index contributed by atoms with van der Waals surface area (Å²) in [6.45, 7) is 8.17. The van der Waals surface area contributed by atoms with Gasteiger partial charge in [-0.05, 0) is 18.4 Å². The Labute approximate surface area is 105 Å². The highest BCUT2D eigenvalue weighted by Gasteiger charge is 2.08. The van der Waals surface area contributed by atoms with E-state index in [0.717, 1.165) is 23.7 Å². The number of halogens is 1. The molecule has 18 heavy (non-hydrogen) atoms. The van der Waals surface area contributed by atoms with Crippen molar-refractivity contribution in [3.63, 3.8) is 0 Å². The van der Waals surface area contributed by atoms with E-state index in [-0.39, 0.29) is 5.41 Å². The van der Waals surface area contributed by atoms with Crippen molar-refractivity contribution in [3.05, 3.63) is 32.9 Å². The van der Waals surface area contributed by atoms with Crippen LogP contribution in [0.25, 0.3) is 0 Å². The molecule has 6 heteroatoms. The van der Waals surface area contributed by atoms with Crippen LogP contribution in [0.3, 0.4) is 0 Å². The molecule has 0 amide bonds. The fourth-order valence-corrected chi connectivity index (χ4v) is 1.44. The van der Waals surface area contributed by atoms with E-state index < -0.39 is 17.1 Å². The van der Waals surface area contributed by atoms with Crippen LogP contribution in [-0.2, 0) is 6.54 Å². The number of hydrogen-bond acceptors (Lipinski definition) is 3. The van der Waals surface area contributed by atoms with Gasteiger partial charge in [-0.1, -0.05) is 20.8 Å². The largest absolute Gasteiger partial charge is 0.328 e. The number of aromatic nitrogens is 2. The smallest absolute Gasteiger partial charge is 0.315 e. The van der Waals surface area contributed by atoms with Crippen LogP contribution in [0.5, 0.6) is 0 Å². The third-order valence-electron chi connectivity index (χ3n) is 2.55. The third-order valence-corrected chi connectivity index (χ3v) is 2.55. The van der Waals surface area contributed by atoms with E-state index in [1.54, 1.807) is 0 Å². The van der Waals surface area contributed by atoms with E-state index in [9.17, 15) is 14.0 Å². The molecular formula is C12H20FN3O2. The standard InChI is InChI=1S/C12H20FN3O2/c1-12(2,3)4-5-14-6-7-16-8-9(13)10(17)15-11(16)18/h8,14H,4-7H2,1-3H3,(H,15,17,18). The van der Waals surface area contributed by atoms with Gasteiger partial charge in [-0.3, -0.25) is 14.3 Å². The molecule has 5 nitrogen and oxygen atoms in total. The number of nitrogens with one attached hydrogen (secondary N) is 2. The minimum absolute atomic E-state index is 0.258. The molecule has 1 aromatic heterocycles. The molecule has 0 spiro atoms. The van der Waals surface area contributed by atoms with Crippen molar-refractivity contribution in [2.45, 2.75) is 33.7 Å². The Morgan fingerprint density at radius 3 is 2.61 bits per heavy atom. The lowest BCUT2D eigenvalue weighted by atomic mass is 9.92. The first-order valence-corrected chi connectivity index (χ1v) is 5.99. The summed E-state index contributed by atoms with van der Waals surface area (Å²) in [7, 11) is 0. The van der Waals surface area contributed by atoms with Crippen LogP contribution in [0.2, 0.25) is 0 Å². The van der Waals surface area contributed by atoms with Crippen LogP contribution >= 0.6 is 0 Å². The van der Waals surface area contributed by atoms with Gasteiger partial charge in [-0.2, -0.15) is 4.39 Å². The monoisotopic (exact) mass is 257 g/mol. The van der Waals surface area contributed by atoms with Gasteiger partial charge < -0.3 is 5.32 Å². The van der Waals surface area contributed by atoms with Crippen LogP contribution in [0, 0.1) is 11.2 Å². The Bertz CT molecular complexity index is 499. The van der Waals surface area contributed by atoms with E-state index in [4.69, 9.17) is 0 Å². The predicted octanol–water partition coefficient (Wildman–Crippen LogP) is 0.702. The normalized spacial score (nSPS) is 11.8. The average Bonchev–Trinajstić information content (AvgIpc) is 2.23. The molecule has 0 aliphatic carbocycles. The lowest BCUT2D eigenvalue weighted by Gasteiger charge is -2.18. The van der Waals surface area contributed by atoms with Gasteiger partial charge in [-0.25, -0.2) is 4.79 Å². The predicted molar refractivity (Wildman–Crippen MR) is 68.2 cm³/mol. The SMILES string of the molecule is CC(C)(C)CCNCCn1cc(F)c(=O)[nH]c1=O. The van der Waals surface area contributed by atoms with E-state index in [1.807, 2.05) is 4.98 Å². The second-order valence-corrected chi connectivity index (χ2v) is 5.49. The molecular weight excluding hydrogens is 237 g/mol. The number of hydrogen-bond donors (Lipinski definition) is 2. The van der Waals surface area contributed by atoms with Gasteiger partial charge >= 0.3 is 5.69 Å². The molecule has 1 heterocycles.